The van der Waals surface area contributed by atoms with Crippen LogP contribution in [0.15, 0.2) is 79.8 Å². The first kappa shape index (κ1) is 29.8. The Morgan fingerprint density at radius 1 is 1.05 bits per heavy atom. The topological polar surface area (TPSA) is 147 Å². The zero-order valence-electron chi connectivity index (χ0n) is 24.2. The lowest BCUT2D eigenvalue weighted by molar-refractivity contribution is 0.244. The Morgan fingerprint density at radius 2 is 1.80 bits per heavy atom. The maximum absolute atomic E-state index is 13.1. The van der Waals surface area contributed by atoms with E-state index in [2.05, 4.69) is 32.7 Å². The molecule has 0 saturated carbocycles. The van der Waals surface area contributed by atoms with Crippen LogP contribution in [0.3, 0.4) is 0 Å². The van der Waals surface area contributed by atoms with E-state index in [0.29, 0.717) is 28.7 Å². The second kappa shape index (κ2) is 12.6. The number of anilines is 2. The molecule has 0 radical (unpaired) electrons. The quantitative estimate of drug-likeness (QED) is 0.272. The van der Waals surface area contributed by atoms with Gasteiger partial charge < -0.3 is 19.9 Å². The third kappa shape index (κ3) is 6.95. The number of benzene rings is 2. The van der Waals surface area contributed by atoms with E-state index in [-0.39, 0.29) is 22.9 Å². The van der Waals surface area contributed by atoms with Gasteiger partial charge in [0.15, 0.2) is 15.6 Å². The number of unbranched alkanes of at least 4 members (excludes halogenated alkanes) is 1. The Morgan fingerprint density at radius 3 is 2.46 bits per heavy atom. The number of hydrogen-bond acceptors (Lipinski definition) is 11. The van der Waals surface area contributed by atoms with E-state index in [0.717, 1.165) is 24.1 Å². The molecular weight excluding hydrogens is 542 g/mol. The molecule has 4 rings (SSSR count). The molecule has 0 bridgehead atoms. The third-order valence-electron chi connectivity index (χ3n) is 6.08. The number of hydrogen-bond donors (Lipinski definition) is 3. The number of hydrazine groups is 1. The lowest BCUT2D eigenvalue weighted by atomic mass is 10.1. The fourth-order valence-electron chi connectivity index (χ4n) is 3.96. The van der Waals surface area contributed by atoms with Gasteiger partial charge >= 0.3 is 0 Å². The number of aromatic nitrogens is 1. The Hall–Kier alpha value is -4.16. The molecule has 0 fully saturated rings. The number of guanidine groups is 2. The average molecular weight is 580 g/mol. The van der Waals surface area contributed by atoms with Crippen LogP contribution in [0, 0.1) is 6.92 Å². The van der Waals surface area contributed by atoms with E-state index in [1.807, 2.05) is 51.1 Å². The molecule has 0 aliphatic carbocycles. The van der Waals surface area contributed by atoms with E-state index in [1.54, 1.807) is 38.1 Å². The average Bonchev–Trinajstić information content (AvgIpc) is 3.36. The highest BCUT2D eigenvalue weighted by Gasteiger charge is 2.26. The largest absolute Gasteiger partial charge is 0.489 e. The van der Waals surface area contributed by atoms with Crippen LogP contribution in [0.25, 0.3) is 11.3 Å². The van der Waals surface area contributed by atoms with Crippen LogP contribution in [-0.2, 0) is 9.84 Å². The highest BCUT2D eigenvalue weighted by molar-refractivity contribution is 7.92. The number of nitrogens with one attached hydrogen (secondary N) is 2. The summed E-state index contributed by atoms with van der Waals surface area (Å²) in [5.41, 5.74) is 2.52. The van der Waals surface area contributed by atoms with Crippen molar-refractivity contribution >= 4 is 33.1 Å². The minimum absolute atomic E-state index is 0.0816. The summed E-state index contributed by atoms with van der Waals surface area (Å²) in [4.78, 5) is 9.43. The van der Waals surface area contributed by atoms with E-state index < -0.39 is 15.1 Å². The summed E-state index contributed by atoms with van der Waals surface area (Å²) in [6, 6.07) is 14.1. The van der Waals surface area contributed by atoms with Crippen LogP contribution in [-0.4, -0.2) is 41.9 Å². The zero-order chi connectivity index (χ0) is 29.7. The van der Waals surface area contributed by atoms with E-state index in [9.17, 15) is 8.42 Å². The van der Waals surface area contributed by atoms with Crippen LogP contribution >= 0.6 is 0 Å². The van der Waals surface area contributed by atoms with Crippen molar-refractivity contribution in [1.82, 2.24) is 10.2 Å². The smallest absolute Gasteiger partial charge is 0.232 e. The van der Waals surface area contributed by atoms with Gasteiger partial charge in [-0.2, -0.15) is 9.98 Å². The van der Waals surface area contributed by atoms with Gasteiger partial charge in [0.05, 0.1) is 33.3 Å². The molecule has 0 unspecified atom stereocenters. The van der Waals surface area contributed by atoms with Gasteiger partial charge in [-0.3, -0.25) is 0 Å². The number of aryl methyl sites for hydroxylation is 1. The van der Waals surface area contributed by atoms with Crippen LogP contribution in [0.4, 0.5) is 11.4 Å². The van der Waals surface area contributed by atoms with Crippen LogP contribution in [0.5, 0.6) is 5.75 Å². The third-order valence-corrected chi connectivity index (χ3v) is 8.29. The standard InChI is InChI=1S/C29H37N7O4S/c1-7-8-13-27-33-28(31-23-17-21(25-16-20(6)35-40-25)14-15-24(23)39-18(2)3)34-29(36(27)30)32-22-11-9-10-12-26(22)41(37,38)19(4)5/h9-19H,7-8,30H2,1-6H3,(H2,31,32,33,34)/b27-13-. The molecule has 4 N–H and O–H groups in total. The molecule has 218 valence electrons. The summed E-state index contributed by atoms with van der Waals surface area (Å²) in [6.07, 6.45) is 3.43. The molecule has 0 spiro atoms. The van der Waals surface area contributed by atoms with Gasteiger partial charge in [0.1, 0.15) is 11.6 Å². The molecular formula is C29H37N7O4S. The molecule has 12 heteroatoms. The Labute approximate surface area is 241 Å². The van der Waals surface area contributed by atoms with Crippen molar-refractivity contribution in [3.8, 4) is 17.1 Å². The number of ether oxygens (including phenoxy) is 1. The van der Waals surface area contributed by atoms with Crippen molar-refractivity contribution in [3.05, 3.63) is 66.1 Å². The summed E-state index contributed by atoms with van der Waals surface area (Å²) in [7, 11) is -3.58. The van der Waals surface area contributed by atoms with Gasteiger partial charge in [-0.1, -0.05) is 30.6 Å². The van der Waals surface area contributed by atoms with E-state index in [1.165, 1.54) is 5.01 Å². The number of allylic oxidation sites excluding steroid dienone is 1. The van der Waals surface area contributed by atoms with Crippen molar-refractivity contribution in [2.24, 2.45) is 15.8 Å². The fourth-order valence-corrected chi connectivity index (χ4v) is 5.16. The predicted molar refractivity (Wildman–Crippen MR) is 162 cm³/mol. The lowest BCUT2D eigenvalue weighted by Gasteiger charge is -2.27. The van der Waals surface area contributed by atoms with Crippen LogP contribution in [0.1, 0.15) is 53.2 Å². The van der Waals surface area contributed by atoms with Crippen molar-refractivity contribution in [2.75, 3.05) is 10.6 Å². The SMILES string of the molecule is CCC/C=C1/N=C(Nc2cc(-c3cc(C)no3)ccc2OC(C)C)N=C(Nc2ccccc2S(=O)(=O)C(C)C)N1N. The molecule has 1 aromatic heterocycles. The minimum atomic E-state index is -3.58. The molecule has 0 saturated heterocycles. The van der Waals surface area contributed by atoms with Crippen molar-refractivity contribution in [3.63, 3.8) is 0 Å². The molecule has 0 amide bonds. The first-order valence-electron chi connectivity index (χ1n) is 13.5. The fraction of sp³-hybridized carbons (Fsp3) is 0.345. The molecule has 41 heavy (non-hydrogen) atoms. The number of nitrogens with two attached hydrogens (primary N) is 1. The Bertz CT molecular complexity index is 1590. The summed E-state index contributed by atoms with van der Waals surface area (Å²) in [6.45, 7) is 11.1. The molecule has 3 aromatic rings. The molecule has 1 aliphatic heterocycles. The first-order valence-corrected chi connectivity index (χ1v) is 15.1. The molecule has 2 heterocycles. The summed E-state index contributed by atoms with van der Waals surface area (Å²) < 4.78 is 37.6. The summed E-state index contributed by atoms with van der Waals surface area (Å²) >= 11 is 0. The highest BCUT2D eigenvalue weighted by Crippen LogP contribution is 2.33. The molecule has 0 atom stereocenters. The summed E-state index contributed by atoms with van der Waals surface area (Å²) in [5.74, 6) is 8.51. The number of rotatable bonds is 9. The molecule has 2 aromatic carbocycles. The number of sulfone groups is 1. The van der Waals surface area contributed by atoms with Crippen molar-refractivity contribution < 1.29 is 17.7 Å². The maximum atomic E-state index is 13.1. The monoisotopic (exact) mass is 579 g/mol. The van der Waals surface area contributed by atoms with Crippen molar-refractivity contribution in [1.29, 1.82) is 0 Å². The molecule has 11 nitrogen and oxygen atoms in total. The Kier molecular flexibility index (Phi) is 9.14. The van der Waals surface area contributed by atoms with E-state index >= 15 is 0 Å². The van der Waals surface area contributed by atoms with Gasteiger partial charge in [-0.15, -0.1) is 0 Å². The van der Waals surface area contributed by atoms with Crippen LogP contribution < -0.4 is 21.2 Å². The van der Waals surface area contributed by atoms with Gasteiger partial charge in [0, 0.05) is 11.6 Å². The van der Waals surface area contributed by atoms with Gasteiger partial charge in [-0.25, -0.2) is 19.3 Å². The van der Waals surface area contributed by atoms with Gasteiger partial charge in [-0.05, 0) is 77.4 Å². The second-order valence-electron chi connectivity index (χ2n) is 10.1. The predicted octanol–water partition coefficient (Wildman–Crippen LogP) is 5.69. The maximum Gasteiger partial charge on any atom is 0.232 e. The van der Waals surface area contributed by atoms with Crippen LogP contribution in [0.2, 0.25) is 0 Å². The lowest BCUT2D eigenvalue weighted by Crippen LogP contribution is -2.44. The van der Waals surface area contributed by atoms with E-state index in [4.69, 9.17) is 15.1 Å². The Balaban J connectivity index is 1.76. The first-order chi connectivity index (χ1) is 19.5. The number of para-hydroxylation sites is 1. The summed E-state index contributed by atoms with van der Waals surface area (Å²) in [5, 5.41) is 11.1. The molecule has 1 aliphatic rings. The minimum Gasteiger partial charge on any atom is -0.489 e. The van der Waals surface area contributed by atoms with Crippen molar-refractivity contribution in [2.45, 2.75) is 70.6 Å². The normalized spacial score (nSPS) is 14.9. The number of aliphatic imine (C=N–C) groups is 2. The zero-order valence-corrected chi connectivity index (χ0v) is 25.0. The van der Waals surface area contributed by atoms with Gasteiger partial charge in [0.25, 0.3) is 0 Å². The number of nitrogens with zero attached hydrogens (tertiary/aromatic N) is 4. The highest BCUT2D eigenvalue weighted by atomic mass is 32.2. The second-order valence-corrected chi connectivity index (χ2v) is 12.6. The van der Waals surface area contributed by atoms with Gasteiger partial charge in [0.2, 0.25) is 11.9 Å².